The number of rotatable bonds is 3. The van der Waals surface area contributed by atoms with E-state index in [2.05, 4.69) is 0 Å². The summed E-state index contributed by atoms with van der Waals surface area (Å²) in [4.78, 5) is 33.3. The highest BCUT2D eigenvalue weighted by Crippen LogP contribution is 2.27. The van der Waals surface area contributed by atoms with Gasteiger partial charge in [-0.3, -0.25) is 25.2 Å². The molecule has 0 aromatic heterocycles. The van der Waals surface area contributed by atoms with Gasteiger partial charge in [-0.1, -0.05) is 6.07 Å². The molecule has 8 nitrogen and oxygen atoms in total. The number of benzene rings is 1. The third kappa shape index (κ3) is 3.35. The van der Waals surface area contributed by atoms with Gasteiger partial charge in [0.15, 0.2) is 0 Å². The lowest BCUT2D eigenvalue weighted by atomic mass is 10.1. The minimum Gasteiger partial charge on any atom is -0.496 e. The van der Waals surface area contributed by atoms with Crippen LogP contribution < -0.4 is 26.1 Å². The molecule has 0 bridgehead atoms. The molecular formula is C11H13N3O5. The third-order valence-corrected chi connectivity index (χ3v) is 2.17. The first kappa shape index (κ1) is 14.3. The molecular weight excluding hydrogens is 254 g/mol. The summed E-state index contributed by atoms with van der Waals surface area (Å²) in [7, 11) is 2.76. The van der Waals surface area contributed by atoms with Crippen molar-refractivity contribution in [1.29, 1.82) is 0 Å². The lowest BCUT2D eigenvalue weighted by Crippen LogP contribution is -2.47. The number of nitrogens with one attached hydrogen (secondary N) is 2. The molecule has 1 aromatic carbocycles. The van der Waals surface area contributed by atoms with Crippen molar-refractivity contribution in [3.63, 3.8) is 0 Å². The van der Waals surface area contributed by atoms with Gasteiger partial charge in [0, 0.05) is 0 Å². The summed E-state index contributed by atoms with van der Waals surface area (Å²) in [5.74, 6) is -2.55. The van der Waals surface area contributed by atoms with Gasteiger partial charge < -0.3 is 15.2 Å². The highest BCUT2D eigenvalue weighted by Gasteiger charge is 2.19. The summed E-state index contributed by atoms with van der Waals surface area (Å²) in [6.07, 6.45) is 0. The fourth-order valence-corrected chi connectivity index (χ4v) is 1.31. The van der Waals surface area contributed by atoms with E-state index in [1.165, 1.54) is 14.2 Å². The van der Waals surface area contributed by atoms with Crippen molar-refractivity contribution in [1.82, 2.24) is 10.9 Å². The van der Waals surface area contributed by atoms with Crippen LogP contribution in [0.25, 0.3) is 0 Å². The summed E-state index contributed by atoms with van der Waals surface area (Å²) >= 11 is 0. The van der Waals surface area contributed by atoms with Gasteiger partial charge in [0.05, 0.1) is 14.2 Å². The lowest BCUT2D eigenvalue weighted by Gasteiger charge is -2.12. The SMILES string of the molecule is COc1cccc(OC)c1C(=O)NNC(=O)C(N)=O. The van der Waals surface area contributed by atoms with Gasteiger partial charge in [0.2, 0.25) is 0 Å². The zero-order chi connectivity index (χ0) is 14.4. The minimum absolute atomic E-state index is 0.0808. The fraction of sp³-hybridized carbons (Fsp3) is 0.182. The molecule has 0 spiro atoms. The number of nitrogens with two attached hydrogens (primary N) is 1. The number of carbonyl (C=O) groups excluding carboxylic acids is 3. The van der Waals surface area contributed by atoms with Crippen molar-refractivity contribution in [2.45, 2.75) is 0 Å². The fourth-order valence-electron chi connectivity index (χ4n) is 1.31. The topological polar surface area (TPSA) is 120 Å². The van der Waals surface area contributed by atoms with Gasteiger partial charge >= 0.3 is 11.8 Å². The standard InChI is InChI=1S/C11H13N3O5/c1-18-6-4-3-5-7(19-2)8(6)10(16)13-14-11(17)9(12)15/h3-5H,1-2H3,(H2,12,15)(H,13,16)(H,14,17). The van der Waals surface area contributed by atoms with E-state index < -0.39 is 17.7 Å². The number of hydrogen-bond acceptors (Lipinski definition) is 5. The van der Waals surface area contributed by atoms with Crippen LogP contribution in [0.4, 0.5) is 0 Å². The molecule has 0 atom stereocenters. The molecule has 0 radical (unpaired) electrons. The van der Waals surface area contributed by atoms with E-state index in [4.69, 9.17) is 15.2 Å². The minimum atomic E-state index is -1.22. The van der Waals surface area contributed by atoms with Crippen LogP contribution in [0.3, 0.4) is 0 Å². The van der Waals surface area contributed by atoms with Crippen LogP contribution in [-0.4, -0.2) is 31.9 Å². The molecule has 3 amide bonds. The van der Waals surface area contributed by atoms with Gasteiger partial charge in [-0.25, -0.2) is 0 Å². The van der Waals surface area contributed by atoms with Crippen molar-refractivity contribution in [2.24, 2.45) is 5.73 Å². The predicted octanol–water partition coefficient (Wildman–Crippen LogP) is -1.05. The molecule has 4 N–H and O–H groups in total. The Morgan fingerprint density at radius 1 is 1.05 bits per heavy atom. The van der Waals surface area contributed by atoms with Crippen LogP contribution in [0.2, 0.25) is 0 Å². The Balaban J connectivity index is 2.92. The number of hydrazine groups is 1. The third-order valence-electron chi connectivity index (χ3n) is 2.17. The first-order chi connectivity index (χ1) is 9.01. The Morgan fingerprint density at radius 2 is 1.58 bits per heavy atom. The Hall–Kier alpha value is -2.77. The molecule has 0 unspecified atom stereocenters. The molecule has 0 aliphatic heterocycles. The van der Waals surface area contributed by atoms with E-state index >= 15 is 0 Å². The molecule has 0 aliphatic rings. The van der Waals surface area contributed by atoms with Crippen LogP contribution in [-0.2, 0) is 9.59 Å². The van der Waals surface area contributed by atoms with Gasteiger partial charge in [0.25, 0.3) is 5.91 Å². The molecule has 19 heavy (non-hydrogen) atoms. The lowest BCUT2D eigenvalue weighted by molar-refractivity contribution is -0.137. The molecule has 1 aromatic rings. The van der Waals surface area contributed by atoms with E-state index in [0.717, 1.165) is 0 Å². The zero-order valence-corrected chi connectivity index (χ0v) is 10.4. The van der Waals surface area contributed by atoms with Crippen molar-refractivity contribution in [3.8, 4) is 11.5 Å². The van der Waals surface area contributed by atoms with Crippen molar-refractivity contribution in [3.05, 3.63) is 23.8 Å². The van der Waals surface area contributed by atoms with E-state index in [0.29, 0.717) is 0 Å². The van der Waals surface area contributed by atoms with Crippen LogP contribution in [0.15, 0.2) is 18.2 Å². The Labute approximate surface area is 108 Å². The summed E-state index contributed by atoms with van der Waals surface area (Å²) in [5.41, 5.74) is 8.69. The normalized spacial score (nSPS) is 9.37. The average molecular weight is 267 g/mol. The van der Waals surface area contributed by atoms with Gasteiger partial charge in [0.1, 0.15) is 17.1 Å². The highest BCUT2D eigenvalue weighted by molar-refractivity contribution is 6.34. The largest absolute Gasteiger partial charge is 0.496 e. The van der Waals surface area contributed by atoms with Crippen LogP contribution in [0.1, 0.15) is 10.4 Å². The summed E-state index contributed by atoms with van der Waals surface area (Å²) in [6.45, 7) is 0. The maximum Gasteiger partial charge on any atom is 0.327 e. The summed E-state index contributed by atoms with van der Waals surface area (Å²) in [5, 5.41) is 0. The van der Waals surface area contributed by atoms with Crippen LogP contribution in [0, 0.1) is 0 Å². The molecule has 0 heterocycles. The molecule has 102 valence electrons. The van der Waals surface area contributed by atoms with Gasteiger partial charge in [-0.15, -0.1) is 0 Å². The molecule has 0 saturated carbocycles. The first-order valence-electron chi connectivity index (χ1n) is 5.12. The molecule has 0 aliphatic carbocycles. The second-order valence-corrected chi connectivity index (χ2v) is 3.31. The van der Waals surface area contributed by atoms with E-state index in [1.54, 1.807) is 18.2 Å². The predicted molar refractivity (Wildman–Crippen MR) is 64.3 cm³/mol. The smallest absolute Gasteiger partial charge is 0.327 e. The highest BCUT2D eigenvalue weighted by atomic mass is 16.5. The van der Waals surface area contributed by atoms with E-state index in [9.17, 15) is 14.4 Å². The Kier molecular flexibility index (Phi) is 4.69. The Bertz CT molecular complexity index is 493. The molecule has 8 heteroatoms. The van der Waals surface area contributed by atoms with Crippen LogP contribution in [0.5, 0.6) is 11.5 Å². The van der Waals surface area contributed by atoms with Gasteiger partial charge in [-0.05, 0) is 12.1 Å². The van der Waals surface area contributed by atoms with Crippen molar-refractivity contribution >= 4 is 17.7 Å². The summed E-state index contributed by atoms with van der Waals surface area (Å²) in [6, 6.07) is 4.73. The van der Waals surface area contributed by atoms with E-state index in [-0.39, 0.29) is 17.1 Å². The number of methoxy groups -OCH3 is 2. The zero-order valence-electron chi connectivity index (χ0n) is 10.4. The average Bonchev–Trinajstić information content (AvgIpc) is 2.42. The van der Waals surface area contributed by atoms with Crippen LogP contribution >= 0.6 is 0 Å². The molecule has 1 rings (SSSR count). The number of amides is 3. The quantitative estimate of drug-likeness (QED) is 0.477. The monoisotopic (exact) mass is 267 g/mol. The summed E-state index contributed by atoms with van der Waals surface area (Å²) < 4.78 is 10.0. The number of hydrogen-bond donors (Lipinski definition) is 3. The first-order valence-corrected chi connectivity index (χ1v) is 5.12. The number of primary amides is 1. The maximum absolute atomic E-state index is 11.9. The van der Waals surface area contributed by atoms with Crippen molar-refractivity contribution in [2.75, 3.05) is 14.2 Å². The molecule has 0 fully saturated rings. The number of ether oxygens (including phenoxy) is 2. The van der Waals surface area contributed by atoms with Gasteiger partial charge in [-0.2, -0.15) is 0 Å². The van der Waals surface area contributed by atoms with Crippen molar-refractivity contribution < 1.29 is 23.9 Å². The molecule has 0 saturated heterocycles. The second kappa shape index (κ2) is 6.24. The number of carbonyl (C=O) groups is 3. The second-order valence-electron chi connectivity index (χ2n) is 3.31. The Morgan fingerprint density at radius 3 is 2.00 bits per heavy atom. The maximum atomic E-state index is 11.9. The van der Waals surface area contributed by atoms with E-state index in [1.807, 2.05) is 10.9 Å².